The first-order valence-corrected chi connectivity index (χ1v) is 20.5. The summed E-state index contributed by atoms with van der Waals surface area (Å²) in [6.45, 7) is 8.86. The quantitative estimate of drug-likeness (QED) is 0.135. The van der Waals surface area contributed by atoms with E-state index in [2.05, 4.69) is 165 Å². The van der Waals surface area contributed by atoms with Crippen LogP contribution in [0.2, 0.25) is 0 Å². The molecule has 264 valence electrons. The summed E-state index contributed by atoms with van der Waals surface area (Å²) in [4.78, 5) is 0.879. The van der Waals surface area contributed by atoms with Gasteiger partial charge in [0.25, 0.3) is 0 Å². The fourth-order valence-electron chi connectivity index (χ4n) is 10.1. The Labute approximate surface area is 323 Å². The summed E-state index contributed by atoms with van der Waals surface area (Å²) in [6, 6.07) is 39.6. The topological polar surface area (TPSA) is 23.1 Å². The van der Waals surface area contributed by atoms with Crippen LogP contribution in [-0.2, 0) is 23.0 Å². The molecule has 4 aliphatic carbocycles. The average molecular weight is 717 g/mol. The highest BCUT2D eigenvalue weighted by atomic mass is 32.2. The van der Waals surface area contributed by atoms with Gasteiger partial charge in [0.2, 0.25) is 0 Å². The van der Waals surface area contributed by atoms with Gasteiger partial charge in [-0.25, -0.2) is 0 Å². The maximum absolute atomic E-state index is 15.2. The lowest BCUT2D eigenvalue weighted by molar-refractivity contribution is 0.351. The summed E-state index contributed by atoms with van der Waals surface area (Å²) in [5.41, 5.74) is 16.1. The van der Waals surface area contributed by atoms with Crippen LogP contribution < -0.4 is 0 Å². The van der Waals surface area contributed by atoms with E-state index in [4.69, 9.17) is 6.42 Å². The summed E-state index contributed by atoms with van der Waals surface area (Å²) < 4.78 is 15.2. The van der Waals surface area contributed by atoms with Crippen LogP contribution in [0.15, 0.2) is 168 Å². The predicted octanol–water partition coefficient (Wildman–Crippen LogP) is 12.2. The van der Waals surface area contributed by atoms with E-state index in [0.29, 0.717) is 0 Å². The van der Waals surface area contributed by atoms with Crippen LogP contribution in [0.5, 0.6) is 0 Å². The smallest absolute Gasteiger partial charge is 0.153 e. The Morgan fingerprint density at radius 1 is 0.778 bits per heavy atom. The lowest BCUT2D eigenvalue weighted by Crippen LogP contribution is -2.33. The highest BCUT2D eigenvalue weighted by molar-refractivity contribution is 7.92. The summed E-state index contributed by atoms with van der Waals surface area (Å²) in [5, 5.41) is -0.00527. The Morgan fingerprint density at radius 2 is 1.48 bits per heavy atom. The van der Waals surface area contributed by atoms with Gasteiger partial charge in [0.05, 0.1) is 5.41 Å². The molecule has 1 fully saturated rings. The number of hydrogen-bond acceptors (Lipinski definition) is 1. The molecule has 0 bridgehead atoms. The van der Waals surface area contributed by atoms with Gasteiger partial charge in [-0.3, -0.25) is 0 Å². The zero-order valence-electron chi connectivity index (χ0n) is 31.0. The molecule has 0 amide bonds. The second-order valence-corrected chi connectivity index (χ2v) is 17.0. The Hall–Kier alpha value is -5.33. The van der Waals surface area contributed by atoms with Crippen LogP contribution >= 0.6 is 0 Å². The molecule has 0 aliphatic heterocycles. The summed E-state index contributed by atoms with van der Waals surface area (Å²) in [6.07, 6.45) is 23.0. The van der Waals surface area contributed by atoms with E-state index in [1.165, 1.54) is 55.6 Å². The van der Waals surface area contributed by atoms with Crippen LogP contribution in [0.3, 0.4) is 0 Å². The molecule has 0 aromatic heterocycles. The molecule has 54 heavy (non-hydrogen) atoms. The minimum absolute atomic E-state index is 0.00527. The minimum atomic E-state index is -1.25. The highest BCUT2D eigenvalue weighted by Gasteiger charge is 2.53. The molecule has 4 unspecified atom stereocenters. The SMILES string of the molecule is C#CC1=C(/C=C\C)c2ccccc2C12c1ccccc1-c1ccc([S+]([O-])[C@@H]3CCC4C(=C)/C=C\C=C/Cc5ccccc5-c5ccc(C)cc5C4C3)cc12. The molecule has 1 nitrogen and oxygen atoms in total. The summed E-state index contributed by atoms with van der Waals surface area (Å²) in [7, 11) is 0. The molecule has 0 heterocycles. The third-order valence-corrected chi connectivity index (χ3v) is 14.1. The van der Waals surface area contributed by atoms with E-state index in [0.717, 1.165) is 52.9 Å². The van der Waals surface area contributed by atoms with E-state index >= 15 is 4.55 Å². The van der Waals surface area contributed by atoms with Crippen molar-refractivity contribution in [1.82, 2.24) is 0 Å². The molecule has 0 saturated heterocycles. The molecule has 5 aromatic rings. The number of aryl methyl sites for hydroxylation is 1. The van der Waals surface area contributed by atoms with Crippen LogP contribution in [0.25, 0.3) is 27.8 Å². The summed E-state index contributed by atoms with van der Waals surface area (Å²) in [5.74, 6) is 3.64. The molecule has 5 atom stereocenters. The van der Waals surface area contributed by atoms with E-state index in [9.17, 15) is 0 Å². The van der Waals surface area contributed by atoms with Gasteiger partial charge in [-0.1, -0.05) is 151 Å². The van der Waals surface area contributed by atoms with E-state index in [1.807, 2.05) is 6.92 Å². The normalized spacial score (nSPS) is 24.3. The van der Waals surface area contributed by atoms with Gasteiger partial charge in [-0.15, -0.1) is 6.42 Å². The first-order valence-electron chi connectivity index (χ1n) is 19.3. The third-order valence-electron chi connectivity index (χ3n) is 12.4. The van der Waals surface area contributed by atoms with Crippen molar-refractivity contribution in [2.24, 2.45) is 5.92 Å². The lowest BCUT2D eigenvalue weighted by Gasteiger charge is -2.38. The molecule has 1 saturated carbocycles. The molecule has 5 aromatic carbocycles. The standard InChI is InChI=1S/C52H44OS/c1-5-16-42-43-21-12-14-23-49(43)52(48(42)6-2)50-24-15-13-22-44(50)45-30-27-38(33-51(45)52)54(53)37-26-29-39-35(4)17-8-7-9-18-36-19-10-11-20-40(36)41-28-25-34(3)31-46(41)47(39)32-37/h2,5,7-17,19-25,27-28,30-31,33,37,39,47H,4,18,26,29,32H2,1,3H3/b9-7-,16-5-,17-8-/t37-,39?,47?,52?,54?/m1/s1. The molecule has 9 rings (SSSR count). The minimum Gasteiger partial charge on any atom is -0.611 e. The molecule has 4 aliphatic rings. The van der Waals surface area contributed by atoms with Crippen molar-refractivity contribution in [1.29, 1.82) is 0 Å². The van der Waals surface area contributed by atoms with Gasteiger partial charge in [-0.05, 0) is 136 Å². The molecule has 2 heteroatoms. The van der Waals surface area contributed by atoms with Gasteiger partial charge in [0.15, 0.2) is 4.90 Å². The van der Waals surface area contributed by atoms with Gasteiger partial charge in [0.1, 0.15) is 5.25 Å². The molecule has 0 radical (unpaired) electrons. The Morgan fingerprint density at radius 3 is 2.28 bits per heavy atom. The molecule has 1 spiro atoms. The molecular formula is C52H44OS. The van der Waals surface area contributed by atoms with Crippen molar-refractivity contribution < 1.29 is 4.55 Å². The van der Waals surface area contributed by atoms with E-state index < -0.39 is 16.6 Å². The van der Waals surface area contributed by atoms with Gasteiger partial charge >= 0.3 is 0 Å². The second kappa shape index (κ2) is 13.8. The highest BCUT2D eigenvalue weighted by Crippen LogP contribution is 2.62. The number of hydrogen-bond donors (Lipinski definition) is 0. The first-order chi connectivity index (χ1) is 26.4. The number of fused-ring (bicyclic) bond motifs is 12. The van der Waals surface area contributed by atoms with Crippen molar-refractivity contribution >= 4 is 16.7 Å². The number of terminal acetylenes is 1. The Bertz CT molecular complexity index is 2500. The van der Waals surface area contributed by atoms with E-state index in [-0.39, 0.29) is 17.1 Å². The first kappa shape index (κ1) is 34.4. The van der Waals surface area contributed by atoms with Crippen LogP contribution in [-0.4, -0.2) is 9.80 Å². The largest absolute Gasteiger partial charge is 0.611 e. The average Bonchev–Trinajstić information content (AvgIpc) is 3.66. The number of benzene rings is 5. The number of rotatable bonds is 3. The zero-order valence-corrected chi connectivity index (χ0v) is 31.8. The fourth-order valence-corrected chi connectivity index (χ4v) is 11.6. The van der Waals surface area contributed by atoms with Crippen LogP contribution in [0.1, 0.15) is 71.0 Å². The maximum atomic E-state index is 15.2. The van der Waals surface area contributed by atoms with Crippen LogP contribution in [0, 0.1) is 25.2 Å². The number of allylic oxidation sites excluding steroid dienone is 9. The monoisotopic (exact) mass is 716 g/mol. The lowest BCUT2D eigenvalue weighted by atomic mass is 9.70. The second-order valence-electron chi connectivity index (χ2n) is 15.2. The van der Waals surface area contributed by atoms with Gasteiger partial charge in [0, 0.05) is 12.0 Å². The predicted molar refractivity (Wildman–Crippen MR) is 227 cm³/mol. The van der Waals surface area contributed by atoms with Crippen molar-refractivity contribution in [3.8, 4) is 34.6 Å². The zero-order chi connectivity index (χ0) is 37.0. The van der Waals surface area contributed by atoms with Crippen molar-refractivity contribution in [2.45, 2.75) is 61.0 Å². The molecule has 0 N–H and O–H groups in total. The Kier molecular flexibility index (Phi) is 8.82. The van der Waals surface area contributed by atoms with Gasteiger partial charge < -0.3 is 4.55 Å². The molecular weight excluding hydrogens is 673 g/mol. The van der Waals surface area contributed by atoms with Gasteiger partial charge in [-0.2, -0.15) is 0 Å². The summed E-state index contributed by atoms with van der Waals surface area (Å²) >= 11 is -1.25. The van der Waals surface area contributed by atoms with Crippen molar-refractivity contribution in [2.75, 3.05) is 0 Å². The fraction of sp³-hybridized carbons (Fsp3) is 0.192. The Balaban J connectivity index is 1.16. The van der Waals surface area contributed by atoms with Crippen LogP contribution in [0.4, 0.5) is 0 Å². The maximum Gasteiger partial charge on any atom is 0.153 e. The van der Waals surface area contributed by atoms with E-state index in [1.54, 1.807) is 0 Å². The third kappa shape index (κ3) is 5.29. The van der Waals surface area contributed by atoms with Crippen molar-refractivity contribution in [3.05, 3.63) is 202 Å². The van der Waals surface area contributed by atoms with Crippen molar-refractivity contribution in [3.63, 3.8) is 0 Å².